The molecule has 0 atom stereocenters. The molecule has 0 radical (unpaired) electrons. The Labute approximate surface area is 177 Å². The minimum atomic E-state index is -0.564. The van der Waals surface area contributed by atoms with E-state index in [1.807, 2.05) is 42.5 Å². The summed E-state index contributed by atoms with van der Waals surface area (Å²) in [5.41, 5.74) is 4.49. The highest BCUT2D eigenvalue weighted by Crippen LogP contribution is 2.26. The van der Waals surface area contributed by atoms with Crippen LogP contribution in [-0.4, -0.2) is 38.2 Å². The van der Waals surface area contributed by atoms with Crippen molar-refractivity contribution >= 4 is 23.3 Å². The van der Waals surface area contributed by atoms with Crippen molar-refractivity contribution in [3.8, 4) is 5.75 Å². The number of nitrogens with zero attached hydrogens (tertiary/aromatic N) is 1. The second-order valence-corrected chi connectivity index (χ2v) is 7.88. The van der Waals surface area contributed by atoms with Crippen molar-refractivity contribution in [2.45, 2.75) is 38.5 Å². The Morgan fingerprint density at radius 1 is 0.867 bits per heavy atom. The van der Waals surface area contributed by atoms with Crippen LogP contribution in [0.4, 0.5) is 11.4 Å². The summed E-state index contributed by atoms with van der Waals surface area (Å²) in [4.78, 5) is 26.3. The van der Waals surface area contributed by atoms with Crippen molar-refractivity contribution < 1.29 is 19.1 Å². The molecule has 1 N–H and O–H groups in total. The summed E-state index contributed by atoms with van der Waals surface area (Å²) in [6.45, 7) is 1.61. The Hall–Kier alpha value is -3.02. The van der Waals surface area contributed by atoms with E-state index in [1.54, 1.807) is 0 Å². The quantitative estimate of drug-likeness (QED) is 0.707. The summed E-state index contributed by atoms with van der Waals surface area (Å²) in [6.07, 6.45) is 7.06. The fraction of sp³-hybridized carbons (Fsp3) is 0.417. The minimum Gasteiger partial charge on any atom is -0.482 e. The van der Waals surface area contributed by atoms with E-state index in [4.69, 9.17) is 9.47 Å². The van der Waals surface area contributed by atoms with Gasteiger partial charge in [0.1, 0.15) is 5.75 Å². The van der Waals surface area contributed by atoms with Crippen molar-refractivity contribution in [3.05, 3.63) is 53.6 Å². The molecular formula is C24H28N2O4. The molecule has 158 valence electrons. The van der Waals surface area contributed by atoms with E-state index in [1.165, 1.54) is 36.1 Å². The lowest BCUT2D eigenvalue weighted by Gasteiger charge is -2.28. The van der Waals surface area contributed by atoms with E-state index < -0.39 is 5.97 Å². The molecular weight excluding hydrogens is 380 g/mol. The average molecular weight is 408 g/mol. The normalized spacial score (nSPS) is 15.4. The third-order valence-electron chi connectivity index (χ3n) is 5.66. The van der Waals surface area contributed by atoms with Gasteiger partial charge in [0.05, 0.1) is 0 Å². The van der Waals surface area contributed by atoms with Crippen LogP contribution < -0.4 is 15.0 Å². The number of nitrogens with one attached hydrogen (secondary N) is 1. The molecule has 1 aliphatic heterocycles. The topological polar surface area (TPSA) is 67.9 Å². The first-order valence-electron chi connectivity index (χ1n) is 10.7. The fourth-order valence-electron chi connectivity index (χ4n) is 4.07. The smallest absolute Gasteiger partial charge is 0.344 e. The molecule has 0 bridgehead atoms. The second kappa shape index (κ2) is 9.65. The lowest BCUT2D eigenvalue weighted by Crippen LogP contribution is -2.29. The number of hydrogen-bond acceptors (Lipinski definition) is 5. The van der Waals surface area contributed by atoms with Crippen molar-refractivity contribution in [1.82, 2.24) is 0 Å². The summed E-state index contributed by atoms with van der Waals surface area (Å²) in [5.74, 6) is -0.274. The van der Waals surface area contributed by atoms with Crippen molar-refractivity contribution in [3.63, 3.8) is 0 Å². The Morgan fingerprint density at radius 2 is 1.63 bits per heavy atom. The average Bonchev–Trinajstić information content (AvgIpc) is 3.25. The molecule has 6 heteroatoms. The van der Waals surface area contributed by atoms with Crippen LogP contribution in [0, 0.1) is 0 Å². The zero-order valence-corrected chi connectivity index (χ0v) is 17.2. The number of aryl methyl sites for hydroxylation is 2. The largest absolute Gasteiger partial charge is 0.482 e. The summed E-state index contributed by atoms with van der Waals surface area (Å²) in [7, 11) is 0. The highest BCUT2D eigenvalue weighted by atomic mass is 16.6. The maximum atomic E-state index is 12.1. The molecule has 4 rings (SSSR count). The molecule has 1 fully saturated rings. The van der Waals surface area contributed by atoms with E-state index in [0.717, 1.165) is 32.4 Å². The van der Waals surface area contributed by atoms with Crippen LogP contribution in [0.25, 0.3) is 0 Å². The van der Waals surface area contributed by atoms with E-state index in [2.05, 4.69) is 10.2 Å². The number of benzene rings is 2. The zero-order valence-electron chi connectivity index (χ0n) is 17.2. The van der Waals surface area contributed by atoms with Gasteiger partial charge in [-0.3, -0.25) is 4.79 Å². The molecule has 0 spiro atoms. The first kappa shape index (κ1) is 20.3. The van der Waals surface area contributed by atoms with E-state index in [9.17, 15) is 9.59 Å². The Balaban J connectivity index is 1.18. The van der Waals surface area contributed by atoms with Crippen LogP contribution in [0.15, 0.2) is 42.5 Å². The third-order valence-corrected chi connectivity index (χ3v) is 5.66. The molecule has 1 saturated heterocycles. The molecule has 2 aliphatic rings. The molecule has 1 amide bonds. The first-order chi connectivity index (χ1) is 14.7. The van der Waals surface area contributed by atoms with Crippen LogP contribution in [0.1, 0.15) is 36.8 Å². The van der Waals surface area contributed by atoms with E-state index in [-0.39, 0.29) is 19.1 Å². The van der Waals surface area contributed by atoms with Gasteiger partial charge in [-0.15, -0.1) is 0 Å². The van der Waals surface area contributed by atoms with Gasteiger partial charge in [-0.2, -0.15) is 0 Å². The Kier molecular flexibility index (Phi) is 6.52. The number of piperidine rings is 1. The molecule has 0 unspecified atom stereocenters. The van der Waals surface area contributed by atoms with Gasteiger partial charge in [-0.1, -0.05) is 6.07 Å². The highest BCUT2D eigenvalue weighted by Gasteiger charge is 2.14. The molecule has 2 aromatic rings. The summed E-state index contributed by atoms with van der Waals surface area (Å²) >= 11 is 0. The molecule has 30 heavy (non-hydrogen) atoms. The maximum absolute atomic E-state index is 12.1. The van der Waals surface area contributed by atoms with Gasteiger partial charge in [0, 0.05) is 24.5 Å². The fourth-order valence-corrected chi connectivity index (χ4v) is 4.07. The number of carbonyl (C=O) groups is 2. The molecule has 0 saturated carbocycles. The number of rotatable bonds is 7. The van der Waals surface area contributed by atoms with Crippen LogP contribution in [0.3, 0.4) is 0 Å². The van der Waals surface area contributed by atoms with Crippen LogP contribution in [0.5, 0.6) is 5.75 Å². The van der Waals surface area contributed by atoms with E-state index >= 15 is 0 Å². The number of amides is 1. The van der Waals surface area contributed by atoms with Gasteiger partial charge < -0.3 is 19.7 Å². The van der Waals surface area contributed by atoms with Gasteiger partial charge in [0.15, 0.2) is 13.2 Å². The number of fused-ring (bicyclic) bond motifs is 1. The standard InChI is InChI=1S/C24H28N2O4/c27-23(25-20-8-10-21(11-9-20)26-13-2-1-3-14-26)16-30-24(28)17-29-22-12-7-18-5-4-6-19(18)15-22/h7-12,15H,1-6,13-14,16-17H2,(H,25,27). The summed E-state index contributed by atoms with van der Waals surface area (Å²) < 4.78 is 10.5. The van der Waals surface area contributed by atoms with Crippen molar-refractivity contribution in [2.75, 3.05) is 36.5 Å². The predicted molar refractivity (Wildman–Crippen MR) is 116 cm³/mol. The van der Waals surface area contributed by atoms with Crippen LogP contribution >= 0.6 is 0 Å². The lowest BCUT2D eigenvalue weighted by atomic mass is 10.1. The summed E-state index contributed by atoms with van der Waals surface area (Å²) in [6, 6.07) is 13.7. The minimum absolute atomic E-state index is 0.212. The maximum Gasteiger partial charge on any atom is 0.344 e. The van der Waals surface area contributed by atoms with Crippen molar-refractivity contribution in [2.24, 2.45) is 0 Å². The SMILES string of the molecule is O=C(COC(=O)COc1ccc2c(c1)CCC2)Nc1ccc(N2CCCCC2)cc1. The molecule has 6 nitrogen and oxygen atoms in total. The van der Waals surface area contributed by atoms with Gasteiger partial charge in [0.2, 0.25) is 0 Å². The van der Waals surface area contributed by atoms with E-state index in [0.29, 0.717) is 11.4 Å². The zero-order chi connectivity index (χ0) is 20.8. The number of esters is 1. The Bertz CT molecular complexity index is 889. The Morgan fingerprint density at radius 3 is 2.43 bits per heavy atom. The monoisotopic (exact) mass is 408 g/mol. The molecule has 1 heterocycles. The van der Waals surface area contributed by atoms with Gasteiger partial charge in [0.25, 0.3) is 5.91 Å². The highest BCUT2D eigenvalue weighted by molar-refractivity contribution is 5.93. The van der Waals surface area contributed by atoms with Crippen LogP contribution in [0.2, 0.25) is 0 Å². The van der Waals surface area contributed by atoms with Crippen molar-refractivity contribution in [1.29, 1.82) is 0 Å². The molecule has 0 aromatic heterocycles. The lowest BCUT2D eigenvalue weighted by molar-refractivity contribution is -0.149. The molecule has 2 aromatic carbocycles. The van der Waals surface area contributed by atoms with Gasteiger partial charge in [-0.25, -0.2) is 4.79 Å². The number of ether oxygens (including phenoxy) is 2. The van der Waals surface area contributed by atoms with Gasteiger partial charge in [-0.05, 0) is 86.1 Å². The van der Waals surface area contributed by atoms with Crippen LogP contribution in [-0.2, 0) is 27.2 Å². The predicted octanol–water partition coefficient (Wildman–Crippen LogP) is 3.73. The number of hydrogen-bond donors (Lipinski definition) is 1. The van der Waals surface area contributed by atoms with Gasteiger partial charge >= 0.3 is 5.97 Å². The first-order valence-corrected chi connectivity index (χ1v) is 10.7. The molecule has 1 aliphatic carbocycles. The number of anilines is 2. The summed E-state index contributed by atoms with van der Waals surface area (Å²) in [5, 5.41) is 2.75. The number of carbonyl (C=O) groups excluding carboxylic acids is 2. The second-order valence-electron chi connectivity index (χ2n) is 7.88. The third kappa shape index (κ3) is 5.32.